The number of aryl methyl sites for hydroxylation is 1. The summed E-state index contributed by atoms with van der Waals surface area (Å²) in [6, 6.07) is 8.30. The minimum absolute atomic E-state index is 0.0318. The van der Waals surface area contributed by atoms with E-state index >= 15 is 0 Å². The van der Waals surface area contributed by atoms with Crippen LogP contribution in [0.2, 0.25) is 0 Å². The van der Waals surface area contributed by atoms with Crippen molar-refractivity contribution in [2.24, 2.45) is 14.1 Å². The lowest BCUT2D eigenvalue weighted by Crippen LogP contribution is -2.16. The van der Waals surface area contributed by atoms with Crippen molar-refractivity contribution in [2.75, 3.05) is 0 Å². The summed E-state index contributed by atoms with van der Waals surface area (Å²) in [4.78, 5) is 11.5. The largest absolute Gasteiger partial charge is 0.285 e. The molecule has 0 saturated carbocycles. The first-order chi connectivity index (χ1) is 5.72. The Kier molecular flexibility index (Phi) is 1.33. The first kappa shape index (κ1) is 7.16. The normalized spacial score (nSPS) is 10.8. The summed E-state index contributed by atoms with van der Waals surface area (Å²) in [6.07, 6.45) is 0. The van der Waals surface area contributed by atoms with Crippen LogP contribution in [0.4, 0.5) is 0 Å². The molecule has 12 heavy (non-hydrogen) atoms. The quantitative estimate of drug-likeness (QED) is 0.558. The fraction of sp³-hybridized carbons (Fsp3) is 0.222. The first-order valence-corrected chi connectivity index (χ1v) is 3.73. The van der Waals surface area contributed by atoms with Gasteiger partial charge in [0.2, 0.25) is 0 Å². The number of rotatable bonds is 0. The number of hydrogen-bond donors (Lipinski definition) is 0. The molecule has 0 N–H and O–H groups in total. The topological polar surface area (TPSA) is 26.9 Å². The fourth-order valence-corrected chi connectivity index (χ4v) is 1.35. The Bertz CT molecular complexity index is 479. The van der Waals surface area contributed by atoms with Gasteiger partial charge in [-0.2, -0.15) is 0 Å². The van der Waals surface area contributed by atoms with E-state index in [-0.39, 0.29) is 5.56 Å². The molecule has 0 fully saturated rings. The Hall–Kier alpha value is -1.51. The Balaban J connectivity index is 3.09. The van der Waals surface area contributed by atoms with Gasteiger partial charge in [-0.15, -0.1) is 0 Å². The summed E-state index contributed by atoms with van der Waals surface area (Å²) < 4.78 is 3.41. The van der Waals surface area contributed by atoms with Crippen molar-refractivity contribution in [3.05, 3.63) is 34.6 Å². The minimum Gasteiger partial charge on any atom is -0.285 e. The van der Waals surface area contributed by atoms with Gasteiger partial charge in [-0.25, -0.2) is 0 Å². The van der Waals surface area contributed by atoms with E-state index in [0.717, 1.165) is 10.9 Å². The van der Waals surface area contributed by atoms with E-state index in [0.29, 0.717) is 0 Å². The number of nitrogens with zero attached hydrogens (tertiary/aromatic N) is 2. The zero-order valence-corrected chi connectivity index (χ0v) is 7.03. The SMILES string of the molecule is Cn1c(=O)c2c[c]ccc2n1C. The highest BCUT2D eigenvalue weighted by atomic mass is 16.1. The summed E-state index contributed by atoms with van der Waals surface area (Å²) in [6.45, 7) is 0. The highest BCUT2D eigenvalue weighted by Gasteiger charge is 2.04. The lowest BCUT2D eigenvalue weighted by atomic mass is 10.2. The molecule has 1 aromatic carbocycles. The Morgan fingerprint density at radius 1 is 1.33 bits per heavy atom. The molecule has 0 amide bonds. The van der Waals surface area contributed by atoms with Gasteiger partial charge in [-0.05, 0) is 18.2 Å². The molecule has 3 nitrogen and oxygen atoms in total. The summed E-state index contributed by atoms with van der Waals surface area (Å²) in [5.41, 5.74) is 0.977. The van der Waals surface area contributed by atoms with Crippen LogP contribution in [0.15, 0.2) is 23.0 Å². The molecule has 61 valence electrons. The maximum atomic E-state index is 11.5. The van der Waals surface area contributed by atoms with Crippen LogP contribution in [-0.4, -0.2) is 9.36 Å². The average Bonchev–Trinajstić information content (AvgIpc) is 2.33. The van der Waals surface area contributed by atoms with Crippen LogP contribution in [0, 0.1) is 6.07 Å². The van der Waals surface area contributed by atoms with Gasteiger partial charge in [-0.3, -0.25) is 14.2 Å². The van der Waals surface area contributed by atoms with Gasteiger partial charge in [0, 0.05) is 14.1 Å². The molecule has 0 saturated heterocycles. The van der Waals surface area contributed by atoms with Crippen molar-refractivity contribution in [1.82, 2.24) is 9.36 Å². The van der Waals surface area contributed by atoms with Gasteiger partial charge in [0.25, 0.3) is 5.56 Å². The lowest BCUT2D eigenvalue weighted by Gasteiger charge is -1.98. The number of hydrogen-bond acceptors (Lipinski definition) is 1. The van der Waals surface area contributed by atoms with Crippen molar-refractivity contribution < 1.29 is 0 Å². The molecule has 0 bridgehead atoms. The van der Waals surface area contributed by atoms with Crippen LogP contribution >= 0.6 is 0 Å². The molecule has 3 heteroatoms. The molecule has 0 aliphatic rings. The van der Waals surface area contributed by atoms with E-state index < -0.39 is 0 Å². The van der Waals surface area contributed by atoms with E-state index in [1.165, 1.54) is 0 Å². The second kappa shape index (κ2) is 2.24. The fourth-order valence-electron chi connectivity index (χ4n) is 1.35. The predicted octanol–water partition coefficient (Wildman–Crippen LogP) is 0.677. The monoisotopic (exact) mass is 161 g/mol. The molecule has 1 heterocycles. The molecular weight excluding hydrogens is 152 g/mol. The van der Waals surface area contributed by atoms with Gasteiger partial charge in [0.15, 0.2) is 0 Å². The number of benzene rings is 1. The van der Waals surface area contributed by atoms with Crippen LogP contribution in [-0.2, 0) is 14.1 Å². The summed E-state index contributed by atoms with van der Waals surface area (Å²) in [5.74, 6) is 0. The molecule has 0 aliphatic carbocycles. The third kappa shape index (κ3) is 0.733. The molecule has 1 aromatic heterocycles. The third-order valence-electron chi connectivity index (χ3n) is 2.16. The summed E-state index contributed by atoms with van der Waals surface area (Å²) >= 11 is 0. The minimum atomic E-state index is 0.0318. The van der Waals surface area contributed by atoms with Crippen molar-refractivity contribution in [1.29, 1.82) is 0 Å². The van der Waals surface area contributed by atoms with Gasteiger partial charge in [0.05, 0.1) is 10.9 Å². The molecule has 0 unspecified atom stereocenters. The number of aromatic nitrogens is 2. The van der Waals surface area contributed by atoms with Gasteiger partial charge in [-0.1, -0.05) is 6.07 Å². The van der Waals surface area contributed by atoms with Crippen LogP contribution in [0.1, 0.15) is 0 Å². The summed E-state index contributed by atoms with van der Waals surface area (Å²) in [5, 5.41) is 0.725. The maximum absolute atomic E-state index is 11.5. The van der Waals surface area contributed by atoms with E-state index in [9.17, 15) is 4.79 Å². The van der Waals surface area contributed by atoms with Crippen LogP contribution in [0.3, 0.4) is 0 Å². The zero-order chi connectivity index (χ0) is 8.72. The van der Waals surface area contributed by atoms with E-state index in [1.54, 1.807) is 17.8 Å². The average molecular weight is 161 g/mol. The molecule has 1 radical (unpaired) electrons. The third-order valence-corrected chi connectivity index (χ3v) is 2.16. The van der Waals surface area contributed by atoms with Gasteiger partial charge >= 0.3 is 0 Å². The van der Waals surface area contributed by atoms with E-state index in [2.05, 4.69) is 6.07 Å². The lowest BCUT2D eigenvalue weighted by molar-refractivity contribution is 0.595. The number of fused-ring (bicyclic) bond motifs is 1. The van der Waals surface area contributed by atoms with Crippen molar-refractivity contribution >= 4 is 10.9 Å². The molecule has 0 aliphatic heterocycles. The predicted molar refractivity (Wildman–Crippen MR) is 47.0 cm³/mol. The Morgan fingerprint density at radius 3 is 2.75 bits per heavy atom. The molecular formula is C9H9N2O. The highest BCUT2D eigenvalue weighted by Crippen LogP contribution is 2.07. The zero-order valence-electron chi connectivity index (χ0n) is 7.03. The maximum Gasteiger partial charge on any atom is 0.274 e. The van der Waals surface area contributed by atoms with E-state index in [1.807, 2.05) is 23.9 Å². The highest BCUT2D eigenvalue weighted by molar-refractivity contribution is 5.78. The smallest absolute Gasteiger partial charge is 0.274 e. The van der Waals surface area contributed by atoms with Gasteiger partial charge < -0.3 is 0 Å². The van der Waals surface area contributed by atoms with Crippen molar-refractivity contribution in [2.45, 2.75) is 0 Å². The van der Waals surface area contributed by atoms with E-state index in [4.69, 9.17) is 0 Å². The van der Waals surface area contributed by atoms with Crippen molar-refractivity contribution in [3.63, 3.8) is 0 Å². The Labute approximate surface area is 69.8 Å². The summed E-state index contributed by atoms with van der Waals surface area (Å²) in [7, 11) is 3.62. The standard InChI is InChI=1S/C9H9N2O/c1-10-8-6-4-3-5-7(8)9(12)11(10)2/h4-6H,1-2H3. The van der Waals surface area contributed by atoms with Gasteiger partial charge in [0.1, 0.15) is 0 Å². The molecule has 0 spiro atoms. The second-order valence-electron chi connectivity index (χ2n) is 2.80. The Morgan fingerprint density at radius 2 is 2.08 bits per heavy atom. The molecule has 2 rings (SSSR count). The van der Waals surface area contributed by atoms with Crippen LogP contribution < -0.4 is 5.56 Å². The molecule has 2 aromatic rings. The molecule has 0 atom stereocenters. The second-order valence-corrected chi connectivity index (χ2v) is 2.80. The van der Waals surface area contributed by atoms with Crippen molar-refractivity contribution in [3.8, 4) is 0 Å². The van der Waals surface area contributed by atoms with Crippen LogP contribution in [0.25, 0.3) is 10.9 Å². The van der Waals surface area contributed by atoms with Crippen LogP contribution in [0.5, 0.6) is 0 Å². The first-order valence-electron chi connectivity index (χ1n) is 3.73.